The summed E-state index contributed by atoms with van der Waals surface area (Å²) in [6.07, 6.45) is -21.0. The molecule has 0 radical (unpaired) electrons. The number of alkyl halides is 13. The van der Waals surface area contributed by atoms with Gasteiger partial charge >= 0.3 is 30.4 Å². The maximum absolute atomic E-state index is 14.6. The maximum atomic E-state index is 14.6. The Morgan fingerprint density at radius 1 is 0.837 bits per heavy atom. The molecule has 43 heavy (non-hydrogen) atoms. The van der Waals surface area contributed by atoms with Gasteiger partial charge in [0.25, 0.3) is 0 Å². The largest absolute Gasteiger partial charge is 0.456 e. The minimum absolute atomic E-state index is 0.0931. The van der Waals surface area contributed by atoms with E-state index in [1.807, 2.05) is 0 Å². The topological polar surface area (TPSA) is 38.7 Å². The SMILES string of the molecule is CCC(CC(C)C1CC2CC1C(C(O)(C(F)(F)C(F)(F)F)C(F)(F)C(F)(F)F)C2)C1CCC(OC(C)OC)(C(F)(F)F)C1. The fourth-order valence-corrected chi connectivity index (χ4v) is 8.22. The summed E-state index contributed by atoms with van der Waals surface area (Å²) in [4.78, 5) is 0. The number of ether oxygens (including phenoxy) is 2. The van der Waals surface area contributed by atoms with Gasteiger partial charge in [0.1, 0.15) is 0 Å². The van der Waals surface area contributed by atoms with Crippen LogP contribution in [-0.2, 0) is 9.47 Å². The molecule has 3 aliphatic rings. The summed E-state index contributed by atoms with van der Waals surface area (Å²) in [6, 6.07) is 0. The van der Waals surface area contributed by atoms with E-state index in [1.165, 1.54) is 21.0 Å². The van der Waals surface area contributed by atoms with Gasteiger partial charge < -0.3 is 14.6 Å². The van der Waals surface area contributed by atoms with Crippen molar-refractivity contribution in [3.8, 4) is 0 Å². The van der Waals surface area contributed by atoms with Crippen LogP contribution in [0.3, 0.4) is 0 Å². The smallest absolute Gasteiger partial charge is 0.377 e. The van der Waals surface area contributed by atoms with Crippen LogP contribution in [0.4, 0.5) is 57.1 Å². The molecule has 3 nitrogen and oxygen atoms in total. The van der Waals surface area contributed by atoms with Gasteiger partial charge in [-0.3, -0.25) is 0 Å². The van der Waals surface area contributed by atoms with Crippen LogP contribution in [0, 0.1) is 41.4 Å². The van der Waals surface area contributed by atoms with Crippen molar-refractivity contribution in [1.29, 1.82) is 0 Å². The molecule has 0 spiro atoms. The molecule has 0 amide bonds. The molecule has 2 bridgehead atoms. The summed E-state index contributed by atoms with van der Waals surface area (Å²) in [7, 11) is 1.18. The molecule has 3 rings (SSSR count). The third-order valence-electron chi connectivity index (χ3n) is 10.4. The van der Waals surface area contributed by atoms with Crippen molar-refractivity contribution in [2.24, 2.45) is 41.4 Å². The molecule has 0 aromatic rings. The fraction of sp³-hybridized carbons (Fsp3) is 1.00. The minimum atomic E-state index is -6.91. The van der Waals surface area contributed by atoms with E-state index in [0.717, 1.165) is 0 Å². The molecule has 0 heterocycles. The predicted molar refractivity (Wildman–Crippen MR) is 126 cm³/mol. The number of halogens is 13. The molecule has 1 N–H and O–H groups in total. The Morgan fingerprint density at radius 2 is 1.37 bits per heavy atom. The number of hydrogen-bond acceptors (Lipinski definition) is 3. The molecule has 0 aliphatic heterocycles. The zero-order valence-corrected chi connectivity index (χ0v) is 24.0. The second-order valence-electron chi connectivity index (χ2n) is 12.7. The van der Waals surface area contributed by atoms with Crippen molar-refractivity contribution in [3.05, 3.63) is 0 Å². The lowest BCUT2D eigenvalue weighted by Gasteiger charge is -2.49. The van der Waals surface area contributed by atoms with Crippen molar-refractivity contribution >= 4 is 0 Å². The highest BCUT2D eigenvalue weighted by Gasteiger charge is 2.87. The summed E-state index contributed by atoms with van der Waals surface area (Å²) in [5.74, 6) is -21.2. The quantitative estimate of drug-likeness (QED) is 0.178. The second kappa shape index (κ2) is 11.6. The highest BCUT2D eigenvalue weighted by atomic mass is 19.4. The zero-order valence-electron chi connectivity index (χ0n) is 24.0. The first-order chi connectivity index (χ1) is 19.3. The first-order valence-corrected chi connectivity index (χ1v) is 14.2. The summed E-state index contributed by atoms with van der Waals surface area (Å²) in [5, 5.41) is 10.4. The normalized spacial score (nSPS) is 33.2. The van der Waals surface area contributed by atoms with Gasteiger partial charge in [-0.15, -0.1) is 0 Å². The van der Waals surface area contributed by atoms with Crippen molar-refractivity contribution < 1.29 is 71.7 Å². The highest BCUT2D eigenvalue weighted by Crippen LogP contribution is 2.66. The molecule has 9 unspecified atom stereocenters. The molecule has 3 aliphatic carbocycles. The molecule has 254 valence electrons. The van der Waals surface area contributed by atoms with E-state index in [0.29, 0.717) is 6.42 Å². The second-order valence-corrected chi connectivity index (χ2v) is 12.7. The van der Waals surface area contributed by atoms with Gasteiger partial charge in [0.15, 0.2) is 11.9 Å². The van der Waals surface area contributed by atoms with E-state index in [9.17, 15) is 62.2 Å². The number of fused-ring (bicyclic) bond motifs is 2. The van der Waals surface area contributed by atoms with Gasteiger partial charge in [0.05, 0.1) is 0 Å². The van der Waals surface area contributed by atoms with Gasteiger partial charge in [-0.25, -0.2) is 0 Å². The third kappa shape index (κ3) is 5.98. The number of methoxy groups -OCH3 is 1. The van der Waals surface area contributed by atoms with E-state index in [1.54, 1.807) is 6.92 Å². The lowest BCUT2D eigenvalue weighted by atomic mass is 9.63. The van der Waals surface area contributed by atoms with Gasteiger partial charge in [0.2, 0.25) is 5.60 Å². The Morgan fingerprint density at radius 3 is 1.79 bits per heavy atom. The van der Waals surface area contributed by atoms with E-state index >= 15 is 0 Å². The van der Waals surface area contributed by atoms with Crippen LogP contribution < -0.4 is 0 Å². The van der Waals surface area contributed by atoms with Crippen LogP contribution in [0.25, 0.3) is 0 Å². The summed E-state index contributed by atoms with van der Waals surface area (Å²) in [5.41, 5.74) is -8.30. The molecular weight excluding hydrogens is 619 g/mol. The molecule has 0 aromatic carbocycles. The monoisotopic (exact) mass is 656 g/mol. The lowest BCUT2D eigenvalue weighted by Crippen LogP contribution is -2.74. The van der Waals surface area contributed by atoms with Gasteiger partial charge in [0, 0.05) is 13.0 Å². The Balaban J connectivity index is 1.88. The average molecular weight is 657 g/mol. The highest BCUT2D eigenvalue weighted by molar-refractivity contribution is 5.17. The molecule has 3 saturated carbocycles. The molecule has 0 saturated heterocycles. The zero-order chi connectivity index (χ0) is 33.2. The first kappa shape index (κ1) is 36.4. The first-order valence-electron chi connectivity index (χ1n) is 14.2. The van der Waals surface area contributed by atoms with E-state index in [4.69, 9.17) is 9.47 Å². The number of hydrogen-bond donors (Lipinski definition) is 1. The standard InChI is InChI=1S/C27H37F13O3/c1-5-16(17-6-7-21(12-17,25(32,33)34)43-14(3)42-4)8-13(2)18-9-15-10-19(18)20(11-15)22(41,23(28,29)26(35,36)37)24(30,31)27(38,39)40/h13-20,41H,5-12H2,1-4H3. The molecule has 16 heteroatoms. The summed E-state index contributed by atoms with van der Waals surface area (Å²) in [6.45, 7) is 4.53. The van der Waals surface area contributed by atoms with Gasteiger partial charge in [-0.05, 0) is 87.4 Å². The fourth-order valence-electron chi connectivity index (χ4n) is 8.22. The molecular formula is C27H37F13O3. The van der Waals surface area contributed by atoms with Crippen molar-refractivity contribution in [1.82, 2.24) is 0 Å². The number of rotatable bonds is 11. The average Bonchev–Trinajstić information content (AvgIpc) is 3.60. The van der Waals surface area contributed by atoms with E-state index in [-0.39, 0.29) is 32.1 Å². The molecule has 3 fully saturated rings. The summed E-state index contributed by atoms with van der Waals surface area (Å²) < 4.78 is 191. The molecule has 0 aromatic heterocycles. The van der Waals surface area contributed by atoms with Crippen LogP contribution in [0.1, 0.15) is 72.1 Å². The Bertz CT molecular complexity index is 937. The van der Waals surface area contributed by atoms with Crippen molar-refractivity contribution in [2.45, 2.75) is 120 Å². The van der Waals surface area contributed by atoms with Gasteiger partial charge in [-0.2, -0.15) is 57.1 Å². The van der Waals surface area contributed by atoms with Crippen molar-refractivity contribution in [3.63, 3.8) is 0 Å². The molecule has 9 atom stereocenters. The van der Waals surface area contributed by atoms with Crippen molar-refractivity contribution in [2.75, 3.05) is 7.11 Å². The Labute approximate surface area is 240 Å². The van der Waals surface area contributed by atoms with Crippen LogP contribution in [0.5, 0.6) is 0 Å². The van der Waals surface area contributed by atoms with Crippen LogP contribution >= 0.6 is 0 Å². The maximum Gasteiger partial charge on any atom is 0.456 e. The predicted octanol–water partition coefficient (Wildman–Crippen LogP) is 8.94. The minimum Gasteiger partial charge on any atom is -0.377 e. The Hall–Kier alpha value is -1.03. The Kier molecular flexibility index (Phi) is 9.87. The van der Waals surface area contributed by atoms with Crippen LogP contribution in [0.2, 0.25) is 0 Å². The van der Waals surface area contributed by atoms with Crippen LogP contribution in [-0.4, -0.2) is 60.1 Å². The van der Waals surface area contributed by atoms with Crippen LogP contribution in [0.15, 0.2) is 0 Å². The van der Waals surface area contributed by atoms with E-state index < -0.39 is 102 Å². The summed E-state index contributed by atoms with van der Waals surface area (Å²) >= 11 is 0. The van der Waals surface area contributed by atoms with E-state index in [2.05, 4.69) is 0 Å². The number of aliphatic hydroxyl groups is 1. The lowest BCUT2D eigenvalue weighted by molar-refractivity contribution is -0.437. The van der Waals surface area contributed by atoms with Gasteiger partial charge in [-0.1, -0.05) is 20.3 Å². The third-order valence-corrected chi connectivity index (χ3v) is 10.4.